The summed E-state index contributed by atoms with van der Waals surface area (Å²) in [4.78, 5) is 12.6. The lowest BCUT2D eigenvalue weighted by Gasteiger charge is -2.16. The molecule has 1 aliphatic rings. The van der Waals surface area contributed by atoms with Crippen molar-refractivity contribution in [2.24, 2.45) is 0 Å². The molecule has 0 atom stereocenters. The predicted octanol–water partition coefficient (Wildman–Crippen LogP) is 3.41. The van der Waals surface area contributed by atoms with E-state index in [4.69, 9.17) is 0 Å². The predicted molar refractivity (Wildman–Crippen MR) is 104 cm³/mol. The number of carbonyl (C=O) groups excluding carboxylic acids is 1. The Labute approximate surface area is 152 Å². The fourth-order valence-corrected chi connectivity index (χ4v) is 4.29. The summed E-state index contributed by atoms with van der Waals surface area (Å²) in [5.41, 5.74) is 2.79. The Morgan fingerprint density at radius 1 is 1.00 bits per heavy atom. The molecule has 0 aromatic heterocycles. The minimum Gasteiger partial charge on any atom is -0.322 e. The Hall–Kier alpha value is -2.86. The molecule has 0 aliphatic carbocycles. The second-order valence-electron chi connectivity index (χ2n) is 6.44. The molecule has 1 aliphatic heterocycles. The average Bonchev–Trinajstić information content (AvgIpc) is 3.05. The molecule has 0 radical (unpaired) electrons. The van der Waals surface area contributed by atoms with E-state index < -0.39 is 10.0 Å². The average molecular weight is 366 g/mol. The number of hydrogen-bond donors (Lipinski definition) is 1. The van der Waals surface area contributed by atoms with E-state index in [0.717, 1.165) is 22.0 Å². The van der Waals surface area contributed by atoms with Gasteiger partial charge in [0.05, 0.1) is 11.9 Å². The third kappa shape index (κ3) is 3.04. The van der Waals surface area contributed by atoms with Crippen molar-refractivity contribution in [2.45, 2.75) is 6.42 Å². The van der Waals surface area contributed by atoms with Gasteiger partial charge in [0.25, 0.3) is 5.91 Å². The molecule has 5 nitrogen and oxygen atoms in total. The smallest absolute Gasteiger partial charge is 0.255 e. The van der Waals surface area contributed by atoms with Crippen LogP contribution in [0.1, 0.15) is 15.9 Å². The summed E-state index contributed by atoms with van der Waals surface area (Å²) in [6, 6.07) is 18.9. The third-order valence-corrected chi connectivity index (χ3v) is 5.78. The number of anilines is 2. The van der Waals surface area contributed by atoms with Gasteiger partial charge in [0.1, 0.15) is 0 Å². The second kappa shape index (κ2) is 6.14. The van der Waals surface area contributed by atoms with Crippen molar-refractivity contribution in [1.29, 1.82) is 0 Å². The van der Waals surface area contributed by atoms with Crippen LogP contribution in [0.15, 0.2) is 60.7 Å². The Morgan fingerprint density at radius 2 is 1.77 bits per heavy atom. The highest BCUT2D eigenvalue weighted by molar-refractivity contribution is 7.92. The van der Waals surface area contributed by atoms with Gasteiger partial charge in [-0.25, -0.2) is 8.42 Å². The van der Waals surface area contributed by atoms with Crippen LogP contribution < -0.4 is 9.62 Å². The highest BCUT2D eigenvalue weighted by Crippen LogP contribution is 2.31. The first kappa shape index (κ1) is 16.6. The molecule has 0 spiro atoms. The summed E-state index contributed by atoms with van der Waals surface area (Å²) in [6.07, 6.45) is 1.81. The van der Waals surface area contributed by atoms with Crippen LogP contribution in [-0.2, 0) is 16.4 Å². The Balaban J connectivity index is 1.59. The van der Waals surface area contributed by atoms with Crippen molar-refractivity contribution in [2.75, 3.05) is 22.4 Å². The summed E-state index contributed by atoms with van der Waals surface area (Å²) < 4.78 is 25.0. The van der Waals surface area contributed by atoms with Gasteiger partial charge >= 0.3 is 0 Å². The maximum Gasteiger partial charge on any atom is 0.255 e. The van der Waals surface area contributed by atoms with E-state index >= 15 is 0 Å². The summed E-state index contributed by atoms with van der Waals surface area (Å²) >= 11 is 0. The molecule has 1 N–H and O–H groups in total. The van der Waals surface area contributed by atoms with Crippen LogP contribution in [0.3, 0.4) is 0 Å². The van der Waals surface area contributed by atoms with Gasteiger partial charge in [-0.3, -0.25) is 9.10 Å². The zero-order chi connectivity index (χ0) is 18.3. The topological polar surface area (TPSA) is 66.5 Å². The monoisotopic (exact) mass is 366 g/mol. The molecule has 1 heterocycles. The molecule has 26 heavy (non-hydrogen) atoms. The summed E-state index contributed by atoms with van der Waals surface area (Å²) in [5, 5.41) is 5.09. The van der Waals surface area contributed by atoms with E-state index in [1.807, 2.05) is 42.5 Å². The van der Waals surface area contributed by atoms with E-state index in [1.165, 1.54) is 10.6 Å². The van der Waals surface area contributed by atoms with E-state index in [0.29, 0.717) is 24.2 Å². The SMILES string of the molecule is CS(=O)(=O)N1CCc2cc(C(=O)Nc3ccc4ccccc4c3)ccc21. The standard InChI is InChI=1S/C20H18N2O3S/c1-26(24,25)22-11-10-16-12-17(7-9-19(16)22)20(23)21-18-8-6-14-4-2-3-5-15(14)13-18/h2-9,12-13H,10-11H2,1H3,(H,21,23). The molecule has 3 aromatic carbocycles. The molecule has 0 saturated carbocycles. The summed E-state index contributed by atoms with van der Waals surface area (Å²) in [7, 11) is -3.29. The highest BCUT2D eigenvalue weighted by atomic mass is 32.2. The molecule has 6 heteroatoms. The molecule has 3 aromatic rings. The maximum absolute atomic E-state index is 12.6. The van der Waals surface area contributed by atoms with E-state index in [-0.39, 0.29) is 5.91 Å². The number of fused-ring (bicyclic) bond motifs is 2. The van der Waals surface area contributed by atoms with Crippen LogP contribution in [-0.4, -0.2) is 27.1 Å². The fourth-order valence-electron chi connectivity index (χ4n) is 3.33. The number of benzene rings is 3. The molecule has 4 rings (SSSR count). The molecule has 0 saturated heterocycles. The number of nitrogens with zero attached hydrogens (tertiary/aromatic N) is 1. The molecule has 1 amide bonds. The van der Waals surface area contributed by atoms with E-state index in [9.17, 15) is 13.2 Å². The molecular weight excluding hydrogens is 348 g/mol. The molecule has 132 valence electrons. The Kier molecular flexibility index (Phi) is 3.92. The number of carbonyl (C=O) groups is 1. The van der Waals surface area contributed by atoms with Crippen molar-refractivity contribution in [1.82, 2.24) is 0 Å². The van der Waals surface area contributed by atoms with Gasteiger partial charge < -0.3 is 5.32 Å². The van der Waals surface area contributed by atoms with Crippen molar-refractivity contribution >= 4 is 38.1 Å². The van der Waals surface area contributed by atoms with Gasteiger partial charge in [-0.15, -0.1) is 0 Å². The zero-order valence-electron chi connectivity index (χ0n) is 14.3. The van der Waals surface area contributed by atoms with Crippen LogP contribution in [0.5, 0.6) is 0 Å². The number of hydrogen-bond acceptors (Lipinski definition) is 3. The molecule has 0 fully saturated rings. The van der Waals surface area contributed by atoms with Crippen LogP contribution in [0.25, 0.3) is 10.8 Å². The normalized spacial score (nSPS) is 13.7. The van der Waals surface area contributed by atoms with Gasteiger partial charge in [0, 0.05) is 17.8 Å². The van der Waals surface area contributed by atoms with Crippen molar-refractivity contribution in [3.8, 4) is 0 Å². The first-order valence-electron chi connectivity index (χ1n) is 8.33. The number of nitrogens with one attached hydrogen (secondary N) is 1. The highest BCUT2D eigenvalue weighted by Gasteiger charge is 2.26. The Bertz CT molecular complexity index is 1120. The van der Waals surface area contributed by atoms with E-state index in [1.54, 1.807) is 18.2 Å². The Morgan fingerprint density at radius 3 is 2.54 bits per heavy atom. The van der Waals surface area contributed by atoms with Crippen LogP contribution >= 0.6 is 0 Å². The van der Waals surface area contributed by atoms with Crippen LogP contribution in [0.2, 0.25) is 0 Å². The lowest BCUT2D eigenvalue weighted by Crippen LogP contribution is -2.27. The summed E-state index contributed by atoms with van der Waals surface area (Å²) in [5.74, 6) is -0.208. The summed E-state index contributed by atoms with van der Waals surface area (Å²) in [6.45, 7) is 0.421. The van der Waals surface area contributed by atoms with Gasteiger partial charge in [0.15, 0.2) is 0 Å². The van der Waals surface area contributed by atoms with E-state index in [2.05, 4.69) is 5.32 Å². The molecule has 0 unspecified atom stereocenters. The minimum absolute atomic E-state index is 0.208. The molecule has 0 bridgehead atoms. The van der Waals surface area contributed by atoms with Crippen LogP contribution in [0.4, 0.5) is 11.4 Å². The van der Waals surface area contributed by atoms with Crippen molar-refractivity contribution < 1.29 is 13.2 Å². The van der Waals surface area contributed by atoms with Crippen molar-refractivity contribution in [3.05, 3.63) is 71.8 Å². The van der Waals surface area contributed by atoms with Gasteiger partial charge in [-0.05, 0) is 53.1 Å². The minimum atomic E-state index is -3.29. The number of amides is 1. The lowest BCUT2D eigenvalue weighted by atomic mass is 10.1. The van der Waals surface area contributed by atoms with Gasteiger partial charge in [-0.2, -0.15) is 0 Å². The largest absolute Gasteiger partial charge is 0.322 e. The van der Waals surface area contributed by atoms with Gasteiger partial charge in [0.2, 0.25) is 10.0 Å². The lowest BCUT2D eigenvalue weighted by molar-refractivity contribution is 0.102. The maximum atomic E-state index is 12.6. The number of rotatable bonds is 3. The number of sulfonamides is 1. The second-order valence-corrected chi connectivity index (χ2v) is 8.35. The molecular formula is C20H18N2O3S. The first-order valence-corrected chi connectivity index (χ1v) is 10.2. The third-order valence-electron chi connectivity index (χ3n) is 4.60. The zero-order valence-corrected chi connectivity index (χ0v) is 15.1. The van der Waals surface area contributed by atoms with Gasteiger partial charge in [-0.1, -0.05) is 30.3 Å². The van der Waals surface area contributed by atoms with Crippen molar-refractivity contribution in [3.63, 3.8) is 0 Å². The van der Waals surface area contributed by atoms with Crippen LogP contribution in [0, 0.1) is 0 Å². The first-order chi connectivity index (χ1) is 12.4. The fraction of sp³-hybridized carbons (Fsp3) is 0.150. The quantitative estimate of drug-likeness (QED) is 0.772.